The van der Waals surface area contributed by atoms with Crippen LogP contribution < -0.4 is 39.6 Å². The summed E-state index contributed by atoms with van der Waals surface area (Å²) in [6.45, 7) is 11.9. The van der Waals surface area contributed by atoms with Crippen molar-refractivity contribution >= 4 is 47.0 Å². The maximum atomic E-state index is 13.6. The number of urea groups is 1. The van der Waals surface area contributed by atoms with Crippen molar-refractivity contribution in [2.45, 2.75) is 33.1 Å². The Morgan fingerprint density at radius 1 is 0.827 bits per heavy atom. The van der Waals surface area contributed by atoms with Crippen LogP contribution in [-0.4, -0.2) is 57.0 Å². The van der Waals surface area contributed by atoms with Gasteiger partial charge in [0.25, 0.3) is 0 Å². The number of hydrogen-bond acceptors (Lipinski definition) is 10. The van der Waals surface area contributed by atoms with Crippen LogP contribution in [0.25, 0.3) is 10.8 Å². The number of methoxy groups -OCH3 is 3. The minimum Gasteiger partial charge on any atom is -0.497 e. The van der Waals surface area contributed by atoms with E-state index in [1.54, 1.807) is 70.1 Å². The lowest BCUT2D eigenvalue weighted by Crippen LogP contribution is -2.25. The van der Waals surface area contributed by atoms with Crippen LogP contribution in [0.2, 0.25) is 0 Å². The summed E-state index contributed by atoms with van der Waals surface area (Å²) in [5.41, 5.74) is 2.33. The van der Waals surface area contributed by atoms with Gasteiger partial charge in [0.15, 0.2) is 11.5 Å². The maximum Gasteiger partial charge on any atom is 0.323 e. The molecule has 0 aliphatic rings. The molecule has 0 bridgehead atoms. The van der Waals surface area contributed by atoms with Crippen molar-refractivity contribution < 1.29 is 33.0 Å². The molecule has 52 heavy (non-hydrogen) atoms. The number of nitrogens with one attached hydrogen (secondary N) is 3. The molecule has 2 amide bonds. The van der Waals surface area contributed by atoms with Crippen LogP contribution in [0.5, 0.6) is 34.6 Å². The number of hydrogen-bond donors (Lipinski definition) is 3. The molecule has 1 heterocycles. The van der Waals surface area contributed by atoms with Crippen molar-refractivity contribution in [1.82, 2.24) is 9.97 Å². The Kier molecular flexibility index (Phi) is 11.5. The van der Waals surface area contributed by atoms with Crippen molar-refractivity contribution in [1.29, 1.82) is 0 Å². The Morgan fingerprint density at radius 3 is 2.13 bits per heavy atom. The molecule has 13 heteroatoms. The molecular formula is C39H46N5O7P. The van der Waals surface area contributed by atoms with E-state index in [0.717, 1.165) is 16.3 Å². The summed E-state index contributed by atoms with van der Waals surface area (Å²) in [7, 11) is 2.17. The van der Waals surface area contributed by atoms with Gasteiger partial charge in [0.05, 0.1) is 32.7 Å². The van der Waals surface area contributed by atoms with Gasteiger partial charge in [-0.1, -0.05) is 52.0 Å². The lowest BCUT2D eigenvalue weighted by atomic mass is 9.75. The van der Waals surface area contributed by atoms with E-state index >= 15 is 0 Å². The summed E-state index contributed by atoms with van der Waals surface area (Å²) in [6.07, 6.45) is 1.63. The Bertz CT molecular complexity index is 2090. The van der Waals surface area contributed by atoms with Crippen LogP contribution >= 0.6 is 7.14 Å². The van der Waals surface area contributed by atoms with E-state index in [4.69, 9.17) is 23.7 Å². The molecule has 5 rings (SSSR count). The fourth-order valence-corrected chi connectivity index (χ4v) is 5.72. The van der Waals surface area contributed by atoms with Gasteiger partial charge in [0.1, 0.15) is 30.7 Å². The second kappa shape index (κ2) is 15.8. The first kappa shape index (κ1) is 37.8. The number of fused-ring (bicyclic) bond motifs is 1. The summed E-state index contributed by atoms with van der Waals surface area (Å²) in [6, 6.07) is 21.5. The van der Waals surface area contributed by atoms with Gasteiger partial charge in [-0.15, -0.1) is 0 Å². The standard InChI is InChI=1S/C39H46N5O7P/c1-24(2)39(3,4)25-18-32(36(49-7)34(19-25)50-23-52(8,9)46)43-38(45)42-31-14-15-33(30-13-11-10-12-29(30)31)51-35-16-17-40-37(44-35)41-26-20-27(47-5)22-28(21-26)48-6/h10-22,24H,23H2,1-9H3,(H,40,41,44)(H2,42,43,45). The first-order valence-corrected chi connectivity index (χ1v) is 19.5. The molecule has 0 aliphatic heterocycles. The minimum absolute atomic E-state index is 0.0330. The third-order valence-electron chi connectivity index (χ3n) is 8.81. The van der Waals surface area contributed by atoms with E-state index in [9.17, 15) is 9.36 Å². The number of aromatic nitrogens is 2. The Labute approximate surface area is 304 Å². The van der Waals surface area contributed by atoms with Gasteiger partial charge in [-0.25, -0.2) is 9.78 Å². The van der Waals surface area contributed by atoms with Crippen LogP contribution in [0.4, 0.5) is 27.8 Å². The summed E-state index contributed by atoms with van der Waals surface area (Å²) >= 11 is 0. The quantitative estimate of drug-likeness (QED) is 0.0947. The number of benzene rings is 4. The highest BCUT2D eigenvalue weighted by Gasteiger charge is 2.28. The normalized spacial score (nSPS) is 11.6. The molecule has 0 spiro atoms. The first-order chi connectivity index (χ1) is 24.7. The minimum atomic E-state index is -2.50. The lowest BCUT2D eigenvalue weighted by Gasteiger charge is -2.31. The van der Waals surface area contributed by atoms with Crippen LogP contribution in [-0.2, 0) is 9.98 Å². The summed E-state index contributed by atoms with van der Waals surface area (Å²) in [5, 5.41) is 10.6. The molecule has 3 N–H and O–H groups in total. The number of anilines is 4. The highest BCUT2D eigenvalue weighted by molar-refractivity contribution is 7.62. The molecular weight excluding hydrogens is 681 g/mol. The van der Waals surface area contributed by atoms with Crippen LogP contribution in [0, 0.1) is 5.92 Å². The van der Waals surface area contributed by atoms with Crippen molar-refractivity contribution in [2.75, 3.05) is 57.0 Å². The van der Waals surface area contributed by atoms with Crippen molar-refractivity contribution in [3.63, 3.8) is 0 Å². The lowest BCUT2D eigenvalue weighted by molar-refractivity contribution is 0.262. The van der Waals surface area contributed by atoms with E-state index < -0.39 is 13.2 Å². The first-order valence-electron chi connectivity index (χ1n) is 16.7. The number of amides is 2. The second-order valence-electron chi connectivity index (χ2n) is 13.6. The monoisotopic (exact) mass is 727 g/mol. The number of carbonyl (C=O) groups is 1. The Hall–Kier alpha value is -5.48. The zero-order chi connectivity index (χ0) is 37.6. The number of rotatable bonds is 14. The Balaban J connectivity index is 1.40. The molecule has 5 aromatic rings. The smallest absolute Gasteiger partial charge is 0.323 e. The van der Waals surface area contributed by atoms with Gasteiger partial charge >= 0.3 is 6.03 Å². The highest BCUT2D eigenvalue weighted by Crippen LogP contribution is 2.45. The molecule has 4 aromatic carbocycles. The van der Waals surface area contributed by atoms with E-state index in [0.29, 0.717) is 57.6 Å². The number of carbonyl (C=O) groups excluding carboxylic acids is 1. The topological polar surface area (TPSA) is 142 Å². The molecule has 1 aromatic heterocycles. The Morgan fingerprint density at radius 2 is 1.50 bits per heavy atom. The molecule has 0 saturated carbocycles. The fourth-order valence-electron chi connectivity index (χ4n) is 5.27. The maximum absolute atomic E-state index is 13.6. The zero-order valence-electron chi connectivity index (χ0n) is 31.0. The number of ether oxygens (including phenoxy) is 5. The second-order valence-corrected chi connectivity index (χ2v) is 17.0. The highest BCUT2D eigenvalue weighted by atomic mass is 31.2. The molecule has 0 aliphatic carbocycles. The van der Waals surface area contributed by atoms with Crippen LogP contribution in [0.3, 0.4) is 0 Å². The zero-order valence-corrected chi connectivity index (χ0v) is 31.9. The van der Waals surface area contributed by atoms with Gasteiger partial charge in [0, 0.05) is 46.9 Å². The molecule has 274 valence electrons. The van der Waals surface area contributed by atoms with Gasteiger partial charge in [-0.2, -0.15) is 4.98 Å². The largest absolute Gasteiger partial charge is 0.497 e. The van der Waals surface area contributed by atoms with Crippen molar-refractivity contribution in [3.8, 4) is 34.6 Å². The van der Waals surface area contributed by atoms with E-state index in [1.807, 2.05) is 36.4 Å². The van der Waals surface area contributed by atoms with Crippen molar-refractivity contribution in [3.05, 3.63) is 84.6 Å². The predicted octanol–water partition coefficient (Wildman–Crippen LogP) is 9.73. The van der Waals surface area contributed by atoms with Crippen molar-refractivity contribution in [2.24, 2.45) is 5.92 Å². The summed E-state index contributed by atoms with van der Waals surface area (Å²) in [4.78, 5) is 22.5. The predicted molar refractivity (Wildman–Crippen MR) is 207 cm³/mol. The molecule has 0 radical (unpaired) electrons. The number of nitrogens with zero attached hydrogens (tertiary/aromatic N) is 2. The summed E-state index contributed by atoms with van der Waals surface area (Å²) < 4.78 is 41.3. The molecule has 12 nitrogen and oxygen atoms in total. The van der Waals surface area contributed by atoms with E-state index in [2.05, 4.69) is 53.6 Å². The van der Waals surface area contributed by atoms with Gasteiger partial charge in [0.2, 0.25) is 11.8 Å². The molecule has 0 saturated heterocycles. The van der Waals surface area contributed by atoms with E-state index in [1.165, 1.54) is 7.11 Å². The SMILES string of the molecule is COc1cc(Nc2nccc(Oc3ccc(NC(=O)Nc4cc(C(C)(C)C(C)C)cc(OCP(C)(C)=O)c4OC)c4ccccc34)n2)cc(OC)c1. The van der Waals surface area contributed by atoms with Gasteiger partial charge < -0.3 is 44.2 Å². The third-order valence-corrected chi connectivity index (χ3v) is 9.56. The van der Waals surface area contributed by atoms with Gasteiger partial charge in [-0.05, 0) is 54.5 Å². The van der Waals surface area contributed by atoms with Crippen LogP contribution in [0.1, 0.15) is 33.3 Å². The fraction of sp³-hybridized carbons (Fsp3) is 0.308. The van der Waals surface area contributed by atoms with Gasteiger partial charge in [-0.3, -0.25) is 0 Å². The molecule has 0 atom stereocenters. The molecule has 0 fully saturated rings. The molecule has 0 unspecified atom stereocenters. The average molecular weight is 728 g/mol. The summed E-state index contributed by atoms with van der Waals surface area (Å²) in [5.74, 6) is 3.41. The van der Waals surface area contributed by atoms with E-state index in [-0.39, 0.29) is 17.7 Å². The third kappa shape index (κ3) is 9.05. The van der Waals surface area contributed by atoms with Crippen LogP contribution in [0.15, 0.2) is 79.0 Å². The average Bonchev–Trinajstić information content (AvgIpc) is 3.11.